The predicted molar refractivity (Wildman–Crippen MR) is 84.1 cm³/mol. The van der Waals surface area contributed by atoms with E-state index >= 15 is 0 Å². The van der Waals surface area contributed by atoms with Gasteiger partial charge in [0.05, 0.1) is 12.0 Å². The van der Waals surface area contributed by atoms with Crippen molar-refractivity contribution in [1.82, 2.24) is 5.32 Å². The van der Waals surface area contributed by atoms with E-state index in [1.807, 2.05) is 24.3 Å². The minimum absolute atomic E-state index is 0.0867. The van der Waals surface area contributed by atoms with Gasteiger partial charge in [0.2, 0.25) is 5.91 Å². The van der Waals surface area contributed by atoms with Gasteiger partial charge in [-0.05, 0) is 31.2 Å². The van der Waals surface area contributed by atoms with Gasteiger partial charge in [-0.25, -0.2) is 0 Å². The Kier molecular flexibility index (Phi) is 5.09. The van der Waals surface area contributed by atoms with Crippen molar-refractivity contribution < 1.29 is 4.79 Å². The van der Waals surface area contributed by atoms with Gasteiger partial charge >= 0.3 is 0 Å². The van der Waals surface area contributed by atoms with Crippen LogP contribution >= 0.6 is 11.6 Å². The first-order valence-electron chi connectivity index (χ1n) is 7.45. The first kappa shape index (κ1) is 15.4. The predicted octanol–water partition coefficient (Wildman–Crippen LogP) is 3.84. The number of rotatable bonds is 4. The molecule has 1 amide bonds. The Morgan fingerprint density at radius 1 is 1.40 bits per heavy atom. The number of carbonyl (C=O) groups excluding carboxylic acids is 1. The summed E-state index contributed by atoms with van der Waals surface area (Å²) in [6.45, 7) is 4.29. The maximum absolute atomic E-state index is 12.3. The molecule has 20 heavy (non-hydrogen) atoms. The van der Waals surface area contributed by atoms with Gasteiger partial charge in [0, 0.05) is 5.88 Å². The molecular weight excluding hydrogens is 270 g/mol. The molecule has 0 radical (unpaired) electrons. The quantitative estimate of drug-likeness (QED) is 0.840. The molecule has 0 heterocycles. The standard InChI is InChI=1S/C17H24ClNO/c1-13-5-7-15(8-6-13)10-16(20)19-17(12-18)9-3-4-14(2)11-17/h5-8,14H,3-4,9-12H2,1-2H3,(H,19,20). The molecular formula is C17H24ClNO. The molecule has 2 atom stereocenters. The highest BCUT2D eigenvalue weighted by molar-refractivity contribution is 6.18. The van der Waals surface area contributed by atoms with Gasteiger partial charge < -0.3 is 5.32 Å². The van der Waals surface area contributed by atoms with E-state index < -0.39 is 0 Å². The molecule has 2 nitrogen and oxygen atoms in total. The second kappa shape index (κ2) is 6.62. The third-order valence-corrected chi connectivity index (χ3v) is 4.75. The topological polar surface area (TPSA) is 29.1 Å². The van der Waals surface area contributed by atoms with Gasteiger partial charge in [-0.3, -0.25) is 4.79 Å². The van der Waals surface area contributed by atoms with Gasteiger partial charge in [-0.15, -0.1) is 11.6 Å². The SMILES string of the molecule is Cc1ccc(CC(=O)NC2(CCl)CCCC(C)C2)cc1. The second-order valence-electron chi connectivity index (χ2n) is 6.33. The molecule has 1 saturated carbocycles. The van der Waals surface area contributed by atoms with Crippen LogP contribution in [0.2, 0.25) is 0 Å². The molecule has 1 aliphatic carbocycles. The highest BCUT2D eigenvalue weighted by Crippen LogP contribution is 2.33. The molecule has 2 rings (SSSR count). The maximum atomic E-state index is 12.3. The molecule has 0 saturated heterocycles. The van der Waals surface area contributed by atoms with E-state index in [1.54, 1.807) is 0 Å². The lowest BCUT2D eigenvalue weighted by atomic mass is 9.77. The van der Waals surface area contributed by atoms with Gasteiger partial charge in [-0.2, -0.15) is 0 Å². The van der Waals surface area contributed by atoms with E-state index in [1.165, 1.54) is 12.0 Å². The number of alkyl halides is 1. The van der Waals surface area contributed by atoms with Crippen LogP contribution in [0.15, 0.2) is 24.3 Å². The van der Waals surface area contributed by atoms with Crippen molar-refractivity contribution >= 4 is 17.5 Å². The van der Waals surface area contributed by atoms with Crippen LogP contribution in [-0.2, 0) is 11.2 Å². The largest absolute Gasteiger partial charge is 0.349 e. The summed E-state index contributed by atoms with van der Waals surface area (Å²) in [5.74, 6) is 1.24. The highest BCUT2D eigenvalue weighted by atomic mass is 35.5. The van der Waals surface area contributed by atoms with Crippen LogP contribution in [0.25, 0.3) is 0 Å². The summed E-state index contributed by atoms with van der Waals surface area (Å²) in [5, 5.41) is 3.20. The van der Waals surface area contributed by atoms with Crippen molar-refractivity contribution in [2.45, 2.75) is 51.5 Å². The summed E-state index contributed by atoms with van der Waals surface area (Å²) in [6, 6.07) is 8.13. The summed E-state index contributed by atoms with van der Waals surface area (Å²) < 4.78 is 0. The van der Waals surface area contributed by atoms with Gasteiger partial charge in [0.15, 0.2) is 0 Å². The average Bonchev–Trinajstić information content (AvgIpc) is 2.41. The fourth-order valence-corrected chi connectivity index (χ4v) is 3.47. The Hall–Kier alpha value is -1.02. The Labute approximate surface area is 126 Å². The van der Waals surface area contributed by atoms with Gasteiger partial charge in [0.25, 0.3) is 0 Å². The molecule has 0 aliphatic heterocycles. The third-order valence-electron chi connectivity index (χ3n) is 4.24. The number of benzene rings is 1. The van der Waals surface area contributed by atoms with Crippen molar-refractivity contribution in [2.75, 3.05) is 5.88 Å². The molecule has 1 aliphatic rings. The Morgan fingerprint density at radius 3 is 2.70 bits per heavy atom. The molecule has 1 fully saturated rings. The molecule has 3 heteroatoms. The lowest BCUT2D eigenvalue weighted by Crippen LogP contribution is -2.53. The lowest BCUT2D eigenvalue weighted by Gasteiger charge is -2.39. The Balaban J connectivity index is 1.97. The van der Waals surface area contributed by atoms with Gasteiger partial charge in [-0.1, -0.05) is 49.6 Å². The number of hydrogen-bond acceptors (Lipinski definition) is 1. The smallest absolute Gasteiger partial charge is 0.224 e. The van der Waals surface area contributed by atoms with E-state index in [9.17, 15) is 4.79 Å². The van der Waals surface area contributed by atoms with Crippen LogP contribution in [0.4, 0.5) is 0 Å². The van der Waals surface area contributed by atoms with Crippen LogP contribution in [0.1, 0.15) is 43.7 Å². The van der Waals surface area contributed by atoms with Crippen LogP contribution in [0.3, 0.4) is 0 Å². The normalized spacial score (nSPS) is 26.2. The monoisotopic (exact) mass is 293 g/mol. The average molecular weight is 294 g/mol. The minimum atomic E-state index is -0.193. The van der Waals surface area contributed by atoms with E-state index in [-0.39, 0.29) is 11.4 Å². The van der Waals surface area contributed by atoms with Gasteiger partial charge in [0.1, 0.15) is 0 Å². The van der Waals surface area contributed by atoms with Crippen molar-refractivity contribution in [3.8, 4) is 0 Å². The lowest BCUT2D eigenvalue weighted by molar-refractivity contribution is -0.122. The molecule has 1 aromatic rings. The van der Waals surface area contributed by atoms with Crippen molar-refractivity contribution in [3.63, 3.8) is 0 Å². The molecule has 110 valence electrons. The first-order chi connectivity index (χ1) is 9.53. The summed E-state index contributed by atoms with van der Waals surface area (Å²) >= 11 is 6.16. The summed E-state index contributed by atoms with van der Waals surface area (Å²) in [4.78, 5) is 12.3. The maximum Gasteiger partial charge on any atom is 0.224 e. The Morgan fingerprint density at radius 2 is 2.10 bits per heavy atom. The van der Waals surface area contributed by atoms with Crippen LogP contribution in [-0.4, -0.2) is 17.3 Å². The van der Waals surface area contributed by atoms with Crippen LogP contribution in [0, 0.1) is 12.8 Å². The molecule has 0 spiro atoms. The number of carbonyl (C=O) groups is 1. The number of nitrogens with one attached hydrogen (secondary N) is 1. The number of aryl methyl sites for hydroxylation is 1. The number of amides is 1. The number of halogens is 1. The fourth-order valence-electron chi connectivity index (χ4n) is 3.16. The zero-order valence-electron chi connectivity index (χ0n) is 12.4. The number of hydrogen-bond donors (Lipinski definition) is 1. The highest BCUT2D eigenvalue weighted by Gasteiger charge is 2.35. The fraction of sp³-hybridized carbons (Fsp3) is 0.588. The van der Waals surface area contributed by atoms with E-state index in [4.69, 9.17) is 11.6 Å². The van der Waals surface area contributed by atoms with Crippen LogP contribution < -0.4 is 5.32 Å². The summed E-state index contributed by atoms with van der Waals surface area (Å²) in [7, 11) is 0. The Bertz CT molecular complexity index is 457. The first-order valence-corrected chi connectivity index (χ1v) is 7.99. The molecule has 0 bridgehead atoms. The summed E-state index contributed by atoms with van der Waals surface area (Å²) in [5.41, 5.74) is 2.08. The molecule has 1 aromatic carbocycles. The van der Waals surface area contributed by atoms with Crippen LogP contribution in [0.5, 0.6) is 0 Å². The molecule has 1 N–H and O–H groups in total. The van der Waals surface area contributed by atoms with Crippen molar-refractivity contribution in [2.24, 2.45) is 5.92 Å². The zero-order valence-corrected chi connectivity index (χ0v) is 13.2. The summed E-state index contributed by atoms with van der Waals surface area (Å²) in [6.07, 6.45) is 4.83. The van der Waals surface area contributed by atoms with E-state index in [0.717, 1.165) is 24.8 Å². The van der Waals surface area contributed by atoms with Crippen molar-refractivity contribution in [3.05, 3.63) is 35.4 Å². The van der Waals surface area contributed by atoms with E-state index in [2.05, 4.69) is 19.2 Å². The zero-order chi connectivity index (χ0) is 14.6. The van der Waals surface area contributed by atoms with Crippen molar-refractivity contribution in [1.29, 1.82) is 0 Å². The molecule has 0 aromatic heterocycles. The minimum Gasteiger partial charge on any atom is -0.349 e. The second-order valence-corrected chi connectivity index (χ2v) is 6.59. The third kappa shape index (κ3) is 3.99. The van der Waals surface area contributed by atoms with E-state index in [0.29, 0.717) is 18.2 Å². The molecule has 2 unspecified atom stereocenters.